The number of nitrogens with one attached hydrogen (secondary N) is 1. The summed E-state index contributed by atoms with van der Waals surface area (Å²) in [6.45, 7) is 1.80. The van der Waals surface area contributed by atoms with Crippen LogP contribution in [0, 0.1) is 6.92 Å². The van der Waals surface area contributed by atoms with Crippen LogP contribution < -0.4 is 14.4 Å². The van der Waals surface area contributed by atoms with E-state index in [1.807, 2.05) is 30.3 Å². The molecule has 0 radical (unpaired) electrons. The first kappa shape index (κ1) is 23.3. The standard InChI is InChI=1S/C24H21BrN2O4S2/c1-15-12-20(9-10-21(15)31-3)33(29,30)27(2)19-8-11-22-16(13-19)14-23(32-22)24(28)26-18-6-4-17(25)5-7-18/h4-14H,1-3H3,(H,26,28). The number of halogens is 1. The lowest BCUT2D eigenvalue weighted by atomic mass is 10.2. The van der Waals surface area contributed by atoms with Gasteiger partial charge in [0.1, 0.15) is 5.75 Å². The molecule has 0 aliphatic rings. The van der Waals surface area contributed by atoms with Gasteiger partial charge in [-0.25, -0.2) is 8.42 Å². The molecule has 4 rings (SSSR count). The summed E-state index contributed by atoms with van der Waals surface area (Å²) in [4.78, 5) is 13.4. The number of methoxy groups -OCH3 is 1. The lowest BCUT2D eigenvalue weighted by Crippen LogP contribution is -2.26. The van der Waals surface area contributed by atoms with Crippen LogP contribution >= 0.6 is 27.3 Å². The molecule has 4 aromatic rings. The molecule has 33 heavy (non-hydrogen) atoms. The third-order valence-corrected chi connectivity index (χ3v) is 8.64. The maximum absolute atomic E-state index is 13.2. The van der Waals surface area contributed by atoms with Crippen LogP contribution in [0.4, 0.5) is 11.4 Å². The fourth-order valence-corrected chi connectivity index (χ4v) is 5.85. The summed E-state index contributed by atoms with van der Waals surface area (Å²) in [5, 5.41) is 3.68. The van der Waals surface area contributed by atoms with Gasteiger partial charge < -0.3 is 10.1 Å². The van der Waals surface area contributed by atoms with Crippen molar-refractivity contribution in [3.05, 3.63) is 81.6 Å². The van der Waals surface area contributed by atoms with E-state index in [4.69, 9.17) is 4.74 Å². The molecule has 170 valence electrons. The summed E-state index contributed by atoms with van der Waals surface area (Å²) in [7, 11) is -0.699. The number of sulfonamides is 1. The molecule has 9 heteroatoms. The lowest BCUT2D eigenvalue weighted by Gasteiger charge is -2.20. The van der Waals surface area contributed by atoms with Crippen molar-refractivity contribution in [1.29, 1.82) is 0 Å². The molecule has 0 atom stereocenters. The van der Waals surface area contributed by atoms with E-state index in [0.29, 0.717) is 22.0 Å². The van der Waals surface area contributed by atoms with E-state index in [9.17, 15) is 13.2 Å². The number of fused-ring (bicyclic) bond motifs is 1. The van der Waals surface area contributed by atoms with Crippen LogP contribution in [0.25, 0.3) is 10.1 Å². The second-order valence-corrected chi connectivity index (χ2v) is 11.4. The summed E-state index contributed by atoms with van der Waals surface area (Å²) in [6, 6.07) is 19.2. The highest BCUT2D eigenvalue weighted by atomic mass is 79.9. The van der Waals surface area contributed by atoms with E-state index < -0.39 is 10.0 Å². The molecule has 0 aliphatic carbocycles. The number of carbonyl (C=O) groups is 1. The lowest BCUT2D eigenvalue weighted by molar-refractivity contribution is 0.103. The minimum Gasteiger partial charge on any atom is -0.496 e. The van der Waals surface area contributed by atoms with Crippen molar-refractivity contribution in [3.8, 4) is 5.75 Å². The Bertz CT molecular complexity index is 1450. The average molecular weight is 545 g/mol. The minimum atomic E-state index is -3.76. The summed E-state index contributed by atoms with van der Waals surface area (Å²) < 4.78 is 34.7. The molecule has 0 saturated carbocycles. The van der Waals surface area contributed by atoms with Gasteiger partial charge in [-0.15, -0.1) is 11.3 Å². The predicted octanol–water partition coefficient (Wildman–Crippen LogP) is 6.06. The smallest absolute Gasteiger partial charge is 0.265 e. The number of anilines is 2. The number of hydrogen-bond donors (Lipinski definition) is 1. The van der Waals surface area contributed by atoms with Crippen molar-refractivity contribution >= 4 is 64.7 Å². The fourth-order valence-electron chi connectivity index (χ4n) is 3.37. The minimum absolute atomic E-state index is 0.184. The monoisotopic (exact) mass is 544 g/mol. The second kappa shape index (κ2) is 9.17. The van der Waals surface area contributed by atoms with Crippen molar-refractivity contribution in [1.82, 2.24) is 0 Å². The maximum Gasteiger partial charge on any atom is 0.265 e. The molecule has 1 N–H and O–H groups in total. The number of thiophene rings is 1. The van der Waals surface area contributed by atoms with Gasteiger partial charge in [0.05, 0.1) is 22.6 Å². The van der Waals surface area contributed by atoms with Gasteiger partial charge >= 0.3 is 0 Å². The molecule has 0 spiro atoms. The number of benzene rings is 3. The Hall–Kier alpha value is -2.88. The van der Waals surface area contributed by atoms with Gasteiger partial charge in [0.25, 0.3) is 15.9 Å². The van der Waals surface area contributed by atoms with Crippen LogP contribution in [0.3, 0.4) is 0 Å². The summed E-state index contributed by atoms with van der Waals surface area (Å²) >= 11 is 4.73. The van der Waals surface area contributed by atoms with Crippen molar-refractivity contribution in [2.24, 2.45) is 0 Å². The molecular weight excluding hydrogens is 524 g/mol. The van der Waals surface area contributed by atoms with Gasteiger partial charge in [-0.2, -0.15) is 0 Å². The van der Waals surface area contributed by atoms with Crippen molar-refractivity contribution in [2.45, 2.75) is 11.8 Å². The molecule has 3 aromatic carbocycles. The molecule has 1 aromatic heterocycles. The van der Waals surface area contributed by atoms with Crippen LogP contribution in [0.2, 0.25) is 0 Å². The Labute approximate surface area is 205 Å². The maximum atomic E-state index is 13.2. The molecule has 6 nitrogen and oxygen atoms in total. The number of amides is 1. The van der Waals surface area contributed by atoms with Gasteiger partial charge in [0.2, 0.25) is 0 Å². The summed E-state index contributed by atoms with van der Waals surface area (Å²) in [6.07, 6.45) is 0. The van der Waals surface area contributed by atoms with E-state index in [1.165, 1.54) is 28.8 Å². The first-order valence-corrected chi connectivity index (χ1v) is 13.0. The number of carbonyl (C=O) groups excluding carboxylic acids is 1. The highest BCUT2D eigenvalue weighted by molar-refractivity contribution is 9.10. The Kier molecular flexibility index (Phi) is 6.47. The normalized spacial score (nSPS) is 11.4. The van der Waals surface area contributed by atoms with E-state index >= 15 is 0 Å². The second-order valence-electron chi connectivity index (χ2n) is 7.40. The third kappa shape index (κ3) is 4.75. The zero-order chi connectivity index (χ0) is 23.8. The molecular formula is C24H21BrN2O4S2. The quantitative estimate of drug-likeness (QED) is 0.320. The Morgan fingerprint density at radius 3 is 2.42 bits per heavy atom. The molecule has 0 fully saturated rings. The topological polar surface area (TPSA) is 75.7 Å². The van der Waals surface area contributed by atoms with Crippen molar-refractivity contribution in [3.63, 3.8) is 0 Å². The largest absolute Gasteiger partial charge is 0.496 e. The zero-order valence-corrected chi connectivity index (χ0v) is 21.3. The van der Waals surface area contributed by atoms with Gasteiger partial charge in [-0.1, -0.05) is 15.9 Å². The van der Waals surface area contributed by atoms with Crippen LogP contribution in [-0.4, -0.2) is 28.5 Å². The molecule has 0 saturated heterocycles. The van der Waals surface area contributed by atoms with E-state index in [0.717, 1.165) is 20.1 Å². The van der Waals surface area contributed by atoms with Crippen LogP contribution in [0.5, 0.6) is 5.75 Å². The van der Waals surface area contributed by atoms with Crippen LogP contribution in [0.1, 0.15) is 15.2 Å². The number of rotatable bonds is 6. The molecule has 1 amide bonds. The highest BCUT2D eigenvalue weighted by Gasteiger charge is 2.23. The van der Waals surface area contributed by atoms with Crippen molar-refractivity contribution < 1.29 is 17.9 Å². The molecule has 0 unspecified atom stereocenters. The predicted molar refractivity (Wildman–Crippen MR) is 137 cm³/mol. The first-order chi connectivity index (χ1) is 15.7. The Balaban J connectivity index is 1.60. The average Bonchev–Trinajstić information content (AvgIpc) is 3.23. The Morgan fingerprint density at radius 1 is 1.03 bits per heavy atom. The number of hydrogen-bond acceptors (Lipinski definition) is 5. The van der Waals surface area contributed by atoms with E-state index in [1.54, 1.807) is 44.4 Å². The molecule has 0 bridgehead atoms. The summed E-state index contributed by atoms with van der Waals surface area (Å²) in [5.41, 5.74) is 1.94. The number of aryl methyl sites for hydroxylation is 1. The van der Waals surface area contributed by atoms with Crippen molar-refractivity contribution in [2.75, 3.05) is 23.8 Å². The van der Waals surface area contributed by atoms with E-state index in [-0.39, 0.29) is 10.8 Å². The fraction of sp³-hybridized carbons (Fsp3) is 0.125. The molecule has 0 aliphatic heterocycles. The van der Waals surface area contributed by atoms with Gasteiger partial charge in [-0.05, 0) is 84.6 Å². The Morgan fingerprint density at radius 2 is 1.76 bits per heavy atom. The van der Waals surface area contributed by atoms with Crippen LogP contribution in [-0.2, 0) is 10.0 Å². The number of nitrogens with zero attached hydrogens (tertiary/aromatic N) is 1. The highest BCUT2D eigenvalue weighted by Crippen LogP contribution is 2.32. The zero-order valence-electron chi connectivity index (χ0n) is 18.1. The SMILES string of the molecule is COc1ccc(S(=O)(=O)N(C)c2ccc3sc(C(=O)Nc4ccc(Br)cc4)cc3c2)cc1C. The third-order valence-electron chi connectivity index (χ3n) is 5.21. The molecule has 1 heterocycles. The van der Waals surface area contributed by atoms with Crippen LogP contribution in [0.15, 0.2) is 76.1 Å². The van der Waals surface area contributed by atoms with Gasteiger partial charge in [0.15, 0.2) is 0 Å². The van der Waals surface area contributed by atoms with Gasteiger partial charge in [-0.3, -0.25) is 9.10 Å². The first-order valence-electron chi connectivity index (χ1n) is 9.93. The number of ether oxygens (including phenoxy) is 1. The summed E-state index contributed by atoms with van der Waals surface area (Å²) in [5.74, 6) is 0.417. The van der Waals surface area contributed by atoms with E-state index in [2.05, 4.69) is 21.2 Å². The van der Waals surface area contributed by atoms with Gasteiger partial charge in [0, 0.05) is 21.9 Å².